The molecule has 0 aromatic heterocycles. The van der Waals surface area contributed by atoms with Crippen molar-refractivity contribution < 1.29 is 0 Å². The van der Waals surface area contributed by atoms with Crippen LogP contribution in [0.3, 0.4) is 0 Å². The van der Waals surface area contributed by atoms with E-state index in [9.17, 15) is 0 Å². The highest BCUT2D eigenvalue weighted by atomic mass is 15.2. The van der Waals surface area contributed by atoms with Crippen molar-refractivity contribution in [3.05, 3.63) is 0 Å². The molecule has 2 fully saturated rings. The first-order chi connectivity index (χ1) is 7.86. The van der Waals surface area contributed by atoms with E-state index in [-0.39, 0.29) is 0 Å². The van der Waals surface area contributed by atoms with E-state index in [1.807, 2.05) is 0 Å². The highest BCUT2D eigenvalue weighted by Crippen LogP contribution is 2.28. The third-order valence-electron chi connectivity index (χ3n) is 4.66. The molecule has 0 bridgehead atoms. The Hall–Kier alpha value is -0.0800. The molecule has 2 aliphatic rings. The number of nitrogens with zero attached hydrogens (tertiary/aromatic N) is 1. The standard InChI is InChI=1S/C14H28N2/c1-3-12-10-15-11-14(12)16(4-2)13-8-6-5-7-9-13/h12-15H,3-11H2,1-2H3. The lowest BCUT2D eigenvalue weighted by Crippen LogP contribution is -2.47. The van der Waals surface area contributed by atoms with Crippen molar-refractivity contribution in [2.24, 2.45) is 5.92 Å². The van der Waals surface area contributed by atoms with Gasteiger partial charge in [0.15, 0.2) is 0 Å². The lowest BCUT2D eigenvalue weighted by Gasteiger charge is -2.39. The summed E-state index contributed by atoms with van der Waals surface area (Å²) in [5.74, 6) is 0.891. The first-order valence-corrected chi connectivity index (χ1v) is 7.33. The van der Waals surface area contributed by atoms with E-state index in [0.29, 0.717) is 0 Å². The average molecular weight is 224 g/mol. The zero-order valence-corrected chi connectivity index (χ0v) is 11.0. The molecule has 0 aromatic rings. The Morgan fingerprint density at radius 2 is 1.81 bits per heavy atom. The van der Waals surface area contributed by atoms with E-state index >= 15 is 0 Å². The predicted molar refractivity (Wildman–Crippen MR) is 69.7 cm³/mol. The van der Waals surface area contributed by atoms with Crippen LogP contribution < -0.4 is 5.32 Å². The Kier molecular flexibility index (Phi) is 4.66. The van der Waals surface area contributed by atoms with Gasteiger partial charge >= 0.3 is 0 Å². The molecule has 0 spiro atoms. The van der Waals surface area contributed by atoms with E-state index < -0.39 is 0 Å². The summed E-state index contributed by atoms with van der Waals surface area (Å²) >= 11 is 0. The molecule has 2 unspecified atom stereocenters. The lowest BCUT2D eigenvalue weighted by molar-refractivity contribution is 0.0947. The first-order valence-electron chi connectivity index (χ1n) is 7.33. The van der Waals surface area contributed by atoms with Gasteiger partial charge in [0.05, 0.1) is 0 Å². The minimum Gasteiger partial charge on any atom is -0.315 e. The molecule has 1 aliphatic heterocycles. The Balaban J connectivity index is 1.97. The Morgan fingerprint density at radius 1 is 1.06 bits per heavy atom. The summed E-state index contributed by atoms with van der Waals surface area (Å²) in [6, 6.07) is 1.70. The Labute approximate surface area is 101 Å². The fourth-order valence-corrected chi connectivity index (χ4v) is 3.70. The van der Waals surface area contributed by atoms with Crippen molar-refractivity contribution in [2.45, 2.75) is 64.5 Å². The van der Waals surface area contributed by atoms with Crippen LogP contribution in [0.4, 0.5) is 0 Å². The van der Waals surface area contributed by atoms with Crippen molar-refractivity contribution in [3.63, 3.8) is 0 Å². The van der Waals surface area contributed by atoms with E-state index in [0.717, 1.165) is 18.0 Å². The maximum atomic E-state index is 3.59. The maximum absolute atomic E-state index is 3.59. The first kappa shape index (κ1) is 12.4. The minimum atomic E-state index is 0.818. The second kappa shape index (κ2) is 6.02. The molecule has 2 rings (SSSR count). The zero-order chi connectivity index (χ0) is 11.4. The van der Waals surface area contributed by atoms with Gasteiger partial charge in [-0.1, -0.05) is 39.5 Å². The van der Waals surface area contributed by atoms with Crippen LogP contribution >= 0.6 is 0 Å². The van der Waals surface area contributed by atoms with Crippen molar-refractivity contribution in [2.75, 3.05) is 19.6 Å². The SMILES string of the molecule is CCC1CNCC1N(CC)C1CCCCC1. The molecule has 1 heterocycles. The lowest BCUT2D eigenvalue weighted by atomic mass is 9.90. The van der Waals surface area contributed by atoms with Gasteiger partial charge in [-0.25, -0.2) is 0 Å². The van der Waals surface area contributed by atoms with Gasteiger partial charge in [0.25, 0.3) is 0 Å². The number of rotatable bonds is 4. The average Bonchev–Trinajstić information content (AvgIpc) is 2.80. The molecule has 0 radical (unpaired) electrons. The van der Waals surface area contributed by atoms with Gasteiger partial charge in [-0.15, -0.1) is 0 Å². The summed E-state index contributed by atoms with van der Waals surface area (Å²) in [7, 11) is 0. The van der Waals surface area contributed by atoms with Crippen LogP contribution in [0, 0.1) is 5.92 Å². The molecule has 0 amide bonds. The molecule has 0 aromatic carbocycles. The largest absolute Gasteiger partial charge is 0.315 e. The van der Waals surface area contributed by atoms with Crippen molar-refractivity contribution in [3.8, 4) is 0 Å². The topological polar surface area (TPSA) is 15.3 Å². The third kappa shape index (κ3) is 2.60. The van der Waals surface area contributed by atoms with Crippen LogP contribution in [-0.2, 0) is 0 Å². The van der Waals surface area contributed by atoms with E-state index in [1.165, 1.54) is 58.2 Å². The maximum Gasteiger partial charge on any atom is 0.0263 e. The minimum absolute atomic E-state index is 0.818. The van der Waals surface area contributed by atoms with Crippen LogP contribution in [0.1, 0.15) is 52.4 Å². The summed E-state index contributed by atoms with van der Waals surface area (Å²) in [4.78, 5) is 2.81. The van der Waals surface area contributed by atoms with E-state index in [4.69, 9.17) is 0 Å². The molecular weight excluding hydrogens is 196 g/mol. The fourth-order valence-electron chi connectivity index (χ4n) is 3.70. The van der Waals surface area contributed by atoms with Crippen molar-refractivity contribution >= 4 is 0 Å². The smallest absolute Gasteiger partial charge is 0.0263 e. The van der Waals surface area contributed by atoms with Gasteiger partial charge < -0.3 is 5.32 Å². The van der Waals surface area contributed by atoms with Gasteiger partial charge in [0.2, 0.25) is 0 Å². The monoisotopic (exact) mass is 224 g/mol. The molecule has 16 heavy (non-hydrogen) atoms. The molecular formula is C14H28N2. The molecule has 94 valence electrons. The molecule has 1 saturated heterocycles. The normalized spacial score (nSPS) is 32.4. The van der Waals surface area contributed by atoms with Gasteiger partial charge in [-0.05, 0) is 31.8 Å². The molecule has 2 atom stereocenters. The van der Waals surface area contributed by atoms with Crippen LogP contribution in [0.2, 0.25) is 0 Å². The van der Waals surface area contributed by atoms with Crippen LogP contribution in [0.15, 0.2) is 0 Å². The number of likely N-dealkylation sites (N-methyl/N-ethyl adjacent to an activating group) is 1. The van der Waals surface area contributed by atoms with E-state index in [2.05, 4.69) is 24.1 Å². The van der Waals surface area contributed by atoms with Crippen molar-refractivity contribution in [1.29, 1.82) is 0 Å². The quantitative estimate of drug-likeness (QED) is 0.790. The number of hydrogen-bond acceptors (Lipinski definition) is 2. The number of hydrogen-bond donors (Lipinski definition) is 1. The molecule has 1 N–H and O–H groups in total. The molecule has 2 nitrogen and oxygen atoms in total. The predicted octanol–water partition coefficient (Wildman–Crippen LogP) is 2.64. The van der Waals surface area contributed by atoms with Gasteiger partial charge in [-0.3, -0.25) is 4.90 Å². The molecule has 2 heteroatoms. The fraction of sp³-hybridized carbons (Fsp3) is 1.00. The summed E-state index contributed by atoms with van der Waals surface area (Å²) in [6.45, 7) is 8.40. The highest BCUT2D eigenvalue weighted by Gasteiger charge is 2.33. The van der Waals surface area contributed by atoms with Gasteiger partial charge in [0, 0.05) is 18.6 Å². The number of nitrogens with one attached hydrogen (secondary N) is 1. The van der Waals surface area contributed by atoms with Crippen molar-refractivity contribution in [1.82, 2.24) is 10.2 Å². The summed E-state index contributed by atoms with van der Waals surface area (Å²) in [5, 5.41) is 3.59. The van der Waals surface area contributed by atoms with Gasteiger partial charge in [-0.2, -0.15) is 0 Å². The third-order valence-corrected chi connectivity index (χ3v) is 4.66. The second-order valence-electron chi connectivity index (χ2n) is 5.52. The molecule has 1 saturated carbocycles. The zero-order valence-electron chi connectivity index (χ0n) is 11.0. The highest BCUT2D eigenvalue weighted by molar-refractivity contribution is 4.91. The summed E-state index contributed by atoms with van der Waals surface area (Å²) in [5.41, 5.74) is 0. The van der Waals surface area contributed by atoms with Crippen LogP contribution in [0.5, 0.6) is 0 Å². The van der Waals surface area contributed by atoms with Crippen LogP contribution in [0.25, 0.3) is 0 Å². The van der Waals surface area contributed by atoms with Gasteiger partial charge in [0.1, 0.15) is 0 Å². The summed E-state index contributed by atoms with van der Waals surface area (Å²) in [6.07, 6.45) is 8.60. The molecule has 1 aliphatic carbocycles. The Morgan fingerprint density at radius 3 is 2.44 bits per heavy atom. The second-order valence-corrected chi connectivity index (χ2v) is 5.52. The van der Waals surface area contributed by atoms with Crippen LogP contribution in [-0.4, -0.2) is 36.6 Å². The van der Waals surface area contributed by atoms with E-state index in [1.54, 1.807) is 0 Å². The Bertz CT molecular complexity index is 199. The summed E-state index contributed by atoms with van der Waals surface area (Å²) < 4.78 is 0.